The second-order valence-electron chi connectivity index (χ2n) is 5.09. The molecule has 1 aromatic heterocycles. The quantitative estimate of drug-likeness (QED) is 0.865. The van der Waals surface area contributed by atoms with E-state index in [2.05, 4.69) is 48.4 Å². The van der Waals surface area contributed by atoms with Crippen LogP contribution in [0.2, 0.25) is 0 Å². The maximum Gasteiger partial charge on any atom is 0.146 e. The van der Waals surface area contributed by atoms with Gasteiger partial charge in [-0.05, 0) is 37.9 Å². The van der Waals surface area contributed by atoms with E-state index in [1.54, 1.807) is 12.3 Å². The van der Waals surface area contributed by atoms with Gasteiger partial charge >= 0.3 is 0 Å². The predicted octanol–water partition coefficient (Wildman–Crippen LogP) is 3.81. The monoisotopic (exact) mass is 272 g/mol. The predicted molar refractivity (Wildman–Crippen MR) is 80.1 cm³/mol. The van der Waals surface area contributed by atoms with Crippen molar-refractivity contribution >= 4 is 0 Å². The molecule has 0 fully saturated rings. The number of hydrogen-bond donors (Lipinski definition) is 1. The Kier molecular flexibility index (Phi) is 5.24. The van der Waals surface area contributed by atoms with E-state index >= 15 is 0 Å². The molecule has 1 atom stereocenters. The minimum Gasteiger partial charge on any atom is -0.310 e. The second kappa shape index (κ2) is 7.15. The van der Waals surface area contributed by atoms with Crippen molar-refractivity contribution in [2.75, 3.05) is 6.54 Å². The number of nitrogens with one attached hydrogen (secondary N) is 1. The third-order valence-electron chi connectivity index (χ3n) is 3.38. The molecule has 1 heterocycles. The summed E-state index contributed by atoms with van der Waals surface area (Å²) in [5.74, 6) is -0.242. The summed E-state index contributed by atoms with van der Waals surface area (Å²) >= 11 is 0. The fourth-order valence-corrected chi connectivity index (χ4v) is 2.24. The number of pyridine rings is 1. The van der Waals surface area contributed by atoms with E-state index in [1.807, 2.05) is 0 Å². The molecular weight excluding hydrogens is 251 g/mol. The van der Waals surface area contributed by atoms with Crippen LogP contribution in [0.1, 0.15) is 36.1 Å². The molecule has 20 heavy (non-hydrogen) atoms. The summed E-state index contributed by atoms with van der Waals surface area (Å²) in [4.78, 5) is 3.82. The number of benzene rings is 1. The lowest BCUT2D eigenvalue weighted by molar-refractivity contribution is 0.495. The van der Waals surface area contributed by atoms with Gasteiger partial charge in [0.1, 0.15) is 5.82 Å². The molecule has 0 aliphatic heterocycles. The van der Waals surface area contributed by atoms with Crippen molar-refractivity contribution < 1.29 is 4.39 Å². The molecule has 1 unspecified atom stereocenters. The van der Waals surface area contributed by atoms with Crippen LogP contribution in [0.5, 0.6) is 0 Å². The van der Waals surface area contributed by atoms with Gasteiger partial charge in [0, 0.05) is 17.8 Å². The lowest BCUT2D eigenvalue weighted by Gasteiger charge is -2.19. The standard InChI is InChI=1S/C17H21FN2/c1-3-9-20-17(15-8-10-19-12-16(15)18)11-14-6-4-13(2)5-7-14/h4-8,10,12,17,20H,3,9,11H2,1-2H3. The molecule has 1 aromatic carbocycles. The Balaban J connectivity index is 2.19. The maximum absolute atomic E-state index is 13.9. The molecule has 0 aliphatic rings. The van der Waals surface area contributed by atoms with Crippen molar-refractivity contribution in [1.82, 2.24) is 10.3 Å². The maximum atomic E-state index is 13.9. The first kappa shape index (κ1) is 14.7. The molecule has 0 aliphatic carbocycles. The van der Waals surface area contributed by atoms with Crippen molar-refractivity contribution in [1.29, 1.82) is 0 Å². The highest BCUT2D eigenvalue weighted by Crippen LogP contribution is 2.21. The molecule has 2 aromatic rings. The Bertz CT molecular complexity index is 537. The Morgan fingerprint density at radius 2 is 1.95 bits per heavy atom. The van der Waals surface area contributed by atoms with Gasteiger partial charge in [-0.15, -0.1) is 0 Å². The van der Waals surface area contributed by atoms with E-state index in [1.165, 1.54) is 17.3 Å². The fraction of sp³-hybridized carbons (Fsp3) is 0.353. The minimum absolute atomic E-state index is 0.0133. The third kappa shape index (κ3) is 3.87. The van der Waals surface area contributed by atoms with Gasteiger partial charge < -0.3 is 5.32 Å². The first-order valence-corrected chi connectivity index (χ1v) is 7.09. The molecule has 2 rings (SSSR count). The van der Waals surface area contributed by atoms with Gasteiger partial charge in [-0.2, -0.15) is 0 Å². The van der Waals surface area contributed by atoms with E-state index in [9.17, 15) is 4.39 Å². The van der Waals surface area contributed by atoms with Crippen molar-refractivity contribution in [3.8, 4) is 0 Å². The van der Waals surface area contributed by atoms with Gasteiger partial charge in [0.25, 0.3) is 0 Å². The molecule has 2 nitrogen and oxygen atoms in total. The zero-order valence-electron chi connectivity index (χ0n) is 12.1. The smallest absolute Gasteiger partial charge is 0.146 e. The second-order valence-corrected chi connectivity index (χ2v) is 5.09. The van der Waals surface area contributed by atoms with Gasteiger partial charge in [0.05, 0.1) is 6.20 Å². The summed E-state index contributed by atoms with van der Waals surface area (Å²) in [5.41, 5.74) is 3.14. The highest BCUT2D eigenvalue weighted by atomic mass is 19.1. The number of rotatable bonds is 6. The Morgan fingerprint density at radius 1 is 1.20 bits per heavy atom. The molecule has 0 radical (unpaired) electrons. The minimum atomic E-state index is -0.242. The van der Waals surface area contributed by atoms with Crippen LogP contribution in [0.15, 0.2) is 42.7 Å². The fourth-order valence-electron chi connectivity index (χ4n) is 2.24. The van der Waals surface area contributed by atoms with Crippen LogP contribution in [-0.2, 0) is 6.42 Å². The molecule has 106 valence electrons. The van der Waals surface area contributed by atoms with Gasteiger partial charge in [0.2, 0.25) is 0 Å². The summed E-state index contributed by atoms with van der Waals surface area (Å²) in [5, 5.41) is 3.42. The first-order chi connectivity index (χ1) is 9.70. The molecule has 1 N–H and O–H groups in total. The van der Waals surface area contributed by atoms with E-state index < -0.39 is 0 Å². The van der Waals surface area contributed by atoms with Crippen LogP contribution in [-0.4, -0.2) is 11.5 Å². The first-order valence-electron chi connectivity index (χ1n) is 7.09. The normalized spacial score (nSPS) is 12.3. The average Bonchev–Trinajstić information content (AvgIpc) is 2.46. The van der Waals surface area contributed by atoms with Crippen LogP contribution in [0.25, 0.3) is 0 Å². The third-order valence-corrected chi connectivity index (χ3v) is 3.38. The van der Waals surface area contributed by atoms with Crippen LogP contribution in [0, 0.1) is 12.7 Å². The molecule has 0 spiro atoms. The zero-order chi connectivity index (χ0) is 14.4. The van der Waals surface area contributed by atoms with Gasteiger partial charge in [0.15, 0.2) is 0 Å². The Morgan fingerprint density at radius 3 is 2.60 bits per heavy atom. The van der Waals surface area contributed by atoms with E-state index in [0.29, 0.717) is 5.56 Å². The molecule has 3 heteroatoms. The van der Waals surface area contributed by atoms with Crippen LogP contribution in [0.3, 0.4) is 0 Å². The van der Waals surface area contributed by atoms with Crippen LogP contribution < -0.4 is 5.32 Å². The van der Waals surface area contributed by atoms with E-state index in [4.69, 9.17) is 0 Å². The average molecular weight is 272 g/mol. The lowest BCUT2D eigenvalue weighted by Crippen LogP contribution is -2.25. The van der Waals surface area contributed by atoms with Gasteiger partial charge in [-0.25, -0.2) is 4.39 Å². The topological polar surface area (TPSA) is 24.9 Å². The summed E-state index contributed by atoms with van der Waals surface area (Å²) in [7, 11) is 0. The Labute approximate surface area is 120 Å². The highest BCUT2D eigenvalue weighted by Gasteiger charge is 2.15. The number of hydrogen-bond acceptors (Lipinski definition) is 2. The van der Waals surface area contributed by atoms with Gasteiger partial charge in [-0.3, -0.25) is 4.98 Å². The largest absolute Gasteiger partial charge is 0.310 e. The highest BCUT2D eigenvalue weighted by molar-refractivity contribution is 5.25. The summed E-state index contributed by atoms with van der Waals surface area (Å²) < 4.78 is 13.9. The Hall–Kier alpha value is -1.74. The van der Waals surface area contributed by atoms with E-state index in [0.717, 1.165) is 19.4 Å². The molecule has 0 saturated heterocycles. The van der Waals surface area contributed by atoms with Crippen LogP contribution in [0.4, 0.5) is 4.39 Å². The lowest BCUT2D eigenvalue weighted by atomic mass is 9.98. The van der Waals surface area contributed by atoms with Crippen molar-refractivity contribution in [2.45, 2.75) is 32.7 Å². The SMILES string of the molecule is CCCNC(Cc1ccc(C)cc1)c1ccncc1F. The number of aromatic nitrogens is 1. The van der Waals surface area contributed by atoms with Crippen molar-refractivity contribution in [3.05, 3.63) is 65.2 Å². The van der Waals surface area contributed by atoms with Crippen molar-refractivity contribution in [2.24, 2.45) is 0 Å². The summed E-state index contributed by atoms with van der Waals surface area (Å²) in [6.07, 6.45) is 4.73. The number of halogens is 1. The number of nitrogens with zero attached hydrogens (tertiary/aromatic N) is 1. The zero-order valence-corrected chi connectivity index (χ0v) is 12.1. The molecule has 0 saturated carbocycles. The molecule has 0 bridgehead atoms. The molecular formula is C17H21FN2. The van der Waals surface area contributed by atoms with Crippen molar-refractivity contribution in [3.63, 3.8) is 0 Å². The summed E-state index contributed by atoms with van der Waals surface area (Å²) in [6, 6.07) is 10.1. The van der Waals surface area contributed by atoms with Gasteiger partial charge in [-0.1, -0.05) is 36.8 Å². The molecule has 0 amide bonds. The van der Waals surface area contributed by atoms with E-state index in [-0.39, 0.29) is 11.9 Å². The summed E-state index contributed by atoms with van der Waals surface area (Å²) in [6.45, 7) is 5.05. The number of aryl methyl sites for hydroxylation is 1. The van der Waals surface area contributed by atoms with Crippen LogP contribution >= 0.6 is 0 Å².